The summed E-state index contributed by atoms with van der Waals surface area (Å²) in [6.07, 6.45) is 0.225. The van der Waals surface area contributed by atoms with E-state index in [-0.39, 0.29) is 29.7 Å². The zero-order chi connectivity index (χ0) is 30.8. The number of likely N-dealkylation sites (N-methyl/N-ethyl adjacent to an activating group) is 1. The second-order valence-corrected chi connectivity index (χ2v) is 11.7. The monoisotopic (exact) mass is 577 g/mol. The van der Waals surface area contributed by atoms with Crippen molar-refractivity contribution in [3.63, 3.8) is 0 Å². The molecule has 11 nitrogen and oxygen atoms in total. The quantitative estimate of drug-likeness (QED) is 0.319. The van der Waals surface area contributed by atoms with Gasteiger partial charge in [-0.3, -0.25) is 19.3 Å². The predicted octanol–water partition coefficient (Wildman–Crippen LogP) is 1.86. The molecule has 1 amide bonds. The molecule has 0 aliphatic heterocycles. The Hall–Kier alpha value is -4.19. The molecule has 6 N–H and O–H groups in total. The lowest BCUT2D eigenvalue weighted by Crippen LogP contribution is -2.63. The number of primary amides is 1. The van der Waals surface area contributed by atoms with E-state index in [1.165, 1.54) is 11.0 Å². The molecule has 222 valence electrons. The van der Waals surface area contributed by atoms with Crippen LogP contribution < -0.4 is 10.5 Å². The minimum absolute atomic E-state index is 0.0232. The lowest BCUT2D eigenvalue weighted by molar-refractivity contribution is -0.148. The van der Waals surface area contributed by atoms with E-state index < -0.39 is 58.0 Å². The molecule has 0 heterocycles. The van der Waals surface area contributed by atoms with Gasteiger partial charge in [0.25, 0.3) is 5.91 Å². The molecule has 4 unspecified atom stereocenters. The number of aliphatic hydroxyl groups excluding tert-OH is 2. The first-order valence-electron chi connectivity index (χ1n) is 13.6. The van der Waals surface area contributed by atoms with Crippen LogP contribution in [0.3, 0.4) is 0 Å². The number of nitrogens with zero attached hydrogens (tertiary/aromatic N) is 2. The Labute approximate surface area is 243 Å². The number of amides is 1. The number of carbonyl (C=O) groups excluding carboxylic acids is 3. The van der Waals surface area contributed by atoms with Crippen molar-refractivity contribution in [2.24, 2.45) is 17.6 Å². The molecule has 0 bridgehead atoms. The number of benzene rings is 2. The number of carbonyl (C=O) groups is 3. The maximum atomic E-state index is 14.0. The Morgan fingerprint density at radius 2 is 1.79 bits per heavy atom. The van der Waals surface area contributed by atoms with Crippen molar-refractivity contribution < 1.29 is 39.5 Å². The molecule has 0 saturated heterocycles. The third-order valence-electron chi connectivity index (χ3n) is 8.68. The van der Waals surface area contributed by atoms with Gasteiger partial charge in [-0.2, -0.15) is 0 Å². The molecule has 11 heteroatoms. The van der Waals surface area contributed by atoms with Crippen LogP contribution >= 0.6 is 0 Å². The Kier molecular flexibility index (Phi) is 7.16. The number of hydrogen-bond donors (Lipinski definition) is 5. The third-order valence-corrected chi connectivity index (χ3v) is 8.68. The second-order valence-electron chi connectivity index (χ2n) is 11.7. The van der Waals surface area contributed by atoms with E-state index in [1.54, 1.807) is 27.3 Å². The number of phenolic OH excluding ortho intramolecular Hbond substituents is 1. The number of aliphatic hydroxyl groups is 3. The van der Waals surface area contributed by atoms with Crippen molar-refractivity contribution >= 4 is 17.5 Å². The molecule has 2 aromatic rings. The van der Waals surface area contributed by atoms with E-state index in [9.17, 15) is 34.8 Å². The Morgan fingerprint density at radius 3 is 2.38 bits per heavy atom. The molecule has 0 radical (unpaired) electrons. The molecule has 0 spiro atoms. The Bertz CT molecular complexity index is 1590. The van der Waals surface area contributed by atoms with Crippen molar-refractivity contribution in [1.82, 2.24) is 9.80 Å². The van der Waals surface area contributed by atoms with Gasteiger partial charge in [0.1, 0.15) is 28.6 Å². The molecule has 0 fully saturated rings. The lowest BCUT2D eigenvalue weighted by atomic mass is 9.58. The number of phenols is 1. The molecule has 0 saturated carbocycles. The average molecular weight is 578 g/mol. The van der Waals surface area contributed by atoms with Crippen LogP contribution in [-0.2, 0) is 22.6 Å². The highest BCUT2D eigenvalue weighted by Gasteiger charge is 2.63. The minimum Gasteiger partial charge on any atom is -0.510 e. The molecule has 42 heavy (non-hydrogen) atoms. The topological polar surface area (TPSA) is 174 Å². The zero-order valence-corrected chi connectivity index (χ0v) is 24.1. The highest BCUT2D eigenvalue weighted by atomic mass is 16.5. The normalized spacial score (nSPS) is 25.5. The molecule has 5 rings (SSSR count). The highest BCUT2D eigenvalue weighted by Crippen LogP contribution is 2.53. The molecule has 2 aromatic carbocycles. The van der Waals surface area contributed by atoms with E-state index in [2.05, 4.69) is 0 Å². The summed E-state index contributed by atoms with van der Waals surface area (Å²) < 4.78 is 5.53. The summed E-state index contributed by atoms with van der Waals surface area (Å²) in [5.41, 5.74) is 4.66. The first kappa shape index (κ1) is 29.3. The van der Waals surface area contributed by atoms with Crippen LogP contribution in [0, 0.1) is 11.8 Å². The molecule has 0 aromatic heterocycles. The highest BCUT2D eigenvalue weighted by molar-refractivity contribution is 6.24. The van der Waals surface area contributed by atoms with Gasteiger partial charge in [-0.15, -0.1) is 0 Å². The number of fused-ring (bicyclic) bond motifs is 3. The Balaban J connectivity index is 1.69. The first-order chi connectivity index (χ1) is 19.7. The number of nitrogens with two attached hydrogens (primary N) is 1. The zero-order valence-electron chi connectivity index (χ0n) is 24.1. The summed E-state index contributed by atoms with van der Waals surface area (Å²) in [5, 5.41) is 45.0. The SMILES string of the molecule is COc1ccc(-c2ccc(O)c3c2CC2CC4C(N(C)C)C(O)=C(C(N)=O)C(=O)C4(O)C(O)=C2C3=O)cc1CN(C)C. The predicted molar refractivity (Wildman–Crippen MR) is 153 cm³/mol. The summed E-state index contributed by atoms with van der Waals surface area (Å²) in [5.74, 6) is -6.06. The number of Topliss-reactive ketones (excluding diaryl/α,β-unsaturated/α-hetero) is 2. The third kappa shape index (κ3) is 4.19. The van der Waals surface area contributed by atoms with E-state index >= 15 is 0 Å². The van der Waals surface area contributed by atoms with Gasteiger partial charge in [0, 0.05) is 23.6 Å². The fraction of sp³-hybridized carbons (Fsp3) is 0.387. The summed E-state index contributed by atoms with van der Waals surface area (Å²) in [7, 11) is 8.66. The fourth-order valence-corrected chi connectivity index (χ4v) is 6.93. The number of allylic oxidation sites excluding steroid dienone is 1. The van der Waals surface area contributed by atoms with Gasteiger partial charge < -0.3 is 35.8 Å². The molecule has 4 atom stereocenters. The van der Waals surface area contributed by atoms with Crippen molar-refractivity contribution in [2.75, 3.05) is 35.3 Å². The summed E-state index contributed by atoms with van der Waals surface area (Å²) >= 11 is 0. The average Bonchev–Trinajstić information content (AvgIpc) is 2.90. The number of rotatable bonds is 6. The van der Waals surface area contributed by atoms with Gasteiger partial charge >= 0.3 is 0 Å². The molecular formula is C31H35N3O8. The minimum atomic E-state index is -2.67. The number of ether oxygens (including phenoxy) is 1. The van der Waals surface area contributed by atoms with Gasteiger partial charge in [-0.25, -0.2) is 0 Å². The molecule has 3 aliphatic rings. The van der Waals surface area contributed by atoms with Gasteiger partial charge in [0.2, 0.25) is 5.78 Å². The van der Waals surface area contributed by atoms with Crippen LogP contribution in [0.2, 0.25) is 0 Å². The van der Waals surface area contributed by atoms with Crippen LogP contribution in [0.25, 0.3) is 11.1 Å². The van der Waals surface area contributed by atoms with Gasteiger partial charge in [0.15, 0.2) is 11.4 Å². The standard InChI is InChI=1S/C31H35N3O8/c1-33(2)13-16-10-14(6-9-21(16)42-5)17-7-8-20(35)23-18(17)11-15-12-19-25(34(3)4)27(37)24(30(32)40)29(39)31(19,41)28(38)22(15)26(23)36/h6-10,15,19,25,35,37-38,41H,11-13H2,1-5H3,(H2,32,40). The van der Waals surface area contributed by atoms with Gasteiger partial charge in [0.05, 0.1) is 18.7 Å². The Morgan fingerprint density at radius 1 is 1.10 bits per heavy atom. The van der Waals surface area contributed by atoms with Crippen LogP contribution in [0.4, 0.5) is 0 Å². The van der Waals surface area contributed by atoms with E-state index in [4.69, 9.17) is 10.5 Å². The largest absolute Gasteiger partial charge is 0.510 e. The van der Waals surface area contributed by atoms with E-state index in [1.807, 2.05) is 37.2 Å². The maximum Gasteiger partial charge on any atom is 0.255 e. The van der Waals surface area contributed by atoms with Crippen LogP contribution in [0.15, 0.2) is 53.0 Å². The van der Waals surface area contributed by atoms with Crippen molar-refractivity contribution in [2.45, 2.75) is 31.0 Å². The number of hydrogen-bond acceptors (Lipinski definition) is 10. The lowest BCUT2D eigenvalue weighted by Gasteiger charge is -2.50. The summed E-state index contributed by atoms with van der Waals surface area (Å²) in [6, 6.07) is 7.77. The summed E-state index contributed by atoms with van der Waals surface area (Å²) in [6.45, 7) is 0.601. The van der Waals surface area contributed by atoms with Gasteiger partial charge in [-0.1, -0.05) is 12.1 Å². The number of aromatic hydroxyl groups is 1. The number of ketones is 2. The van der Waals surface area contributed by atoms with E-state index in [0.29, 0.717) is 23.4 Å². The number of methoxy groups -OCH3 is 1. The van der Waals surface area contributed by atoms with Crippen LogP contribution in [-0.4, -0.2) is 94.6 Å². The molecular weight excluding hydrogens is 542 g/mol. The van der Waals surface area contributed by atoms with Crippen LogP contribution in [0.5, 0.6) is 11.5 Å². The van der Waals surface area contributed by atoms with Gasteiger partial charge in [-0.05, 0) is 81.8 Å². The summed E-state index contributed by atoms with van der Waals surface area (Å²) in [4.78, 5) is 43.1. The van der Waals surface area contributed by atoms with Crippen molar-refractivity contribution in [1.29, 1.82) is 0 Å². The smallest absolute Gasteiger partial charge is 0.255 e. The van der Waals surface area contributed by atoms with Crippen LogP contribution in [0.1, 0.15) is 27.9 Å². The van der Waals surface area contributed by atoms with Crippen molar-refractivity contribution in [3.8, 4) is 22.6 Å². The van der Waals surface area contributed by atoms with E-state index in [0.717, 1.165) is 11.1 Å². The first-order valence-corrected chi connectivity index (χ1v) is 13.6. The fourth-order valence-electron chi connectivity index (χ4n) is 6.93. The maximum absolute atomic E-state index is 14.0. The van der Waals surface area contributed by atoms with Crippen molar-refractivity contribution in [3.05, 3.63) is 69.7 Å². The second kappa shape index (κ2) is 10.3. The molecule has 3 aliphatic carbocycles.